The molecule has 17 heteroatoms. The van der Waals surface area contributed by atoms with Crippen molar-refractivity contribution in [3.63, 3.8) is 0 Å². The van der Waals surface area contributed by atoms with Crippen LogP contribution < -0.4 is 26.6 Å². The number of Topliss-reactive ketones (excluding diaryl/α,β-unsaturated/α-hetero) is 1. The lowest BCUT2D eigenvalue weighted by Gasteiger charge is -2.09. The van der Waals surface area contributed by atoms with Crippen molar-refractivity contribution in [2.45, 2.75) is 148 Å². The Bertz CT molecular complexity index is 1140. The maximum Gasteiger partial charge on any atom is 0.303 e. The molecule has 0 atom stereocenters. The van der Waals surface area contributed by atoms with Gasteiger partial charge < -0.3 is 55.4 Å². The first-order chi connectivity index (χ1) is 29.1. The number of hydrogen-bond donors (Lipinski definition) is 6. The molecule has 0 radical (unpaired) electrons. The van der Waals surface area contributed by atoms with Crippen LogP contribution in [0.4, 0.5) is 0 Å². The van der Waals surface area contributed by atoms with Gasteiger partial charge in [0, 0.05) is 64.8 Å². The fraction of sp³-hybridized carbons (Fsp3) is 0.837. The Kier molecular flexibility index (Phi) is 40.8. The summed E-state index contributed by atoms with van der Waals surface area (Å²) in [4.78, 5) is 81.0. The highest BCUT2D eigenvalue weighted by atomic mass is 16.5. The van der Waals surface area contributed by atoms with E-state index in [4.69, 9.17) is 24.1 Å². The van der Waals surface area contributed by atoms with Crippen LogP contribution in [0.25, 0.3) is 0 Å². The van der Waals surface area contributed by atoms with E-state index < -0.39 is 5.97 Å². The summed E-state index contributed by atoms with van der Waals surface area (Å²) in [6.07, 6.45) is 19.5. The maximum absolute atomic E-state index is 12.1. The summed E-state index contributed by atoms with van der Waals surface area (Å²) in [5.41, 5.74) is 0. The molecule has 0 fully saturated rings. The fourth-order valence-electron chi connectivity index (χ4n) is 5.86. The molecular formula is C43H79N5O12. The lowest BCUT2D eigenvalue weighted by atomic mass is 10.0. The summed E-state index contributed by atoms with van der Waals surface area (Å²) in [5, 5.41) is 22.4. The second kappa shape index (κ2) is 43.4. The summed E-state index contributed by atoms with van der Waals surface area (Å²) in [5.74, 6) is -1.36. The first kappa shape index (κ1) is 56.3. The van der Waals surface area contributed by atoms with Crippen LogP contribution >= 0.6 is 0 Å². The fourth-order valence-corrected chi connectivity index (χ4v) is 5.86. The van der Waals surface area contributed by atoms with Crippen molar-refractivity contribution in [3.05, 3.63) is 0 Å². The predicted octanol–water partition coefficient (Wildman–Crippen LogP) is 3.89. The standard InChI is InChI=1S/C43H79N5O12/c1-37(49)19-16-24-46-41(53)35-59-33-32-58-30-28-48-42(54)36-60-34-31-57-29-27-47-40(52)22-18-26-45-39(51)21-17-25-44-38(50)20-14-12-10-8-6-4-2-3-5-7-9-11-13-15-23-43(55)56/h2-36H2,1H3,(H,44,50)(H,45,51)(H,46,53)(H,47,52)(H,48,54)(H,55,56). The summed E-state index contributed by atoms with van der Waals surface area (Å²) in [6.45, 7) is 4.82. The second-order valence-corrected chi connectivity index (χ2v) is 14.9. The van der Waals surface area contributed by atoms with Gasteiger partial charge in [0.15, 0.2) is 0 Å². The molecule has 0 unspecified atom stereocenters. The van der Waals surface area contributed by atoms with E-state index in [-0.39, 0.29) is 94.4 Å². The van der Waals surface area contributed by atoms with E-state index in [9.17, 15) is 33.6 Å². The zero-order chi connectivity index (χ0) is 44.2. The third kappa shape index (κ3) is 45.4. The number of carbonyl (C=O) groups excluding carboxylic acids is 6. The quantitative estimate of drug-likeness (QED) is 0.0479. The lowest BCUT2D eigenvalue weighted by Crippen LogP contribution is -2.32. The highest BCUT2D eigenvalue weighted by Crippen LogP contribution is 2.14. The molecule has 0 saturated carbocycles. The lowest BCUT2D eigenvalue weighted by molar-refractivity contribution is -0.137. The van der Waals surface area contributed by atoms with E-state index >= 15 is 0 Å². The van der Waals surface area contributed by atoms with Gasteiger partial charge >= 0.3 is 5.97 Å². The van der Waals surface area contributed by atoms with E-state index in [1.54, 1.807) is 0 Å². The van der Waals surface area contributed by atoms with Crippen molar-refractivity contribution in [3.8, 4) is 0 Å². The van der Waals surface area contributed by atoms with Crippen LogP contribution in [0.2, 0.25) is 0 Å². The minimum absolute atomic E-state index is 0.0299. The van der Waals surface area contributed by atoms with Gasteiger partial charge in [-0.3, -0.25) is 28.8 Å². The molecule has 0 aliphatic carbocycles. The van der Waals surface area contributed by atoms with Crippen molar-refractivity contribution in [2.75, 3.05) is 85.6 Å². The van der Waals surface area contributed by atoms with Crippen molar-refractivity contribution >= 4 is 41.3 Å². The SMILES string of the molecule is CC(=O)CCCNC(=O)COCCOCCNC(=O)COCCOCCNC(=O)CCCNC(=O)CCCNC(=O)CCCCCCCCCCCCCCCCC(=O)O. The number of rotatable bonds is 45. The van der Waals surface area contributed by atoms with E-state index in [1.165, 1.54) is 58.3 Å². The zero-order valence-electron chi connectivity index (χ0n) is 36.7. The maximum atomic E-state index is 12.1. The van der Waals surface area contributed by atoms with Crippen LogP contribution in [0.1, 0.15) is 148 Å². The normalized spacial score (nSPS) is 10.9. The Labute approximate surface area is 358 Å². The average Bonchev–Trinajstić information content (AvgIpc) is 3.21. The topological polar surface area (TPSA) is 237 Å². The minimum Gasteiger partial charge on any atom is -0.481 e. The molecule has 0 aromatic rings. The molecule has 0 bridgehead atoms. The largest absolute Gasteiger partial charge is 0.481 e. The van der Waals surface area contributed by atoms with E-state index in [2.05, 4.69) is 26.6 Å². The Hall–Kier alpha value is -3.67. The number of amides is 5. The van der Waals surface area contributed by atoms with Crippen LogP contribution in [-0.2, 0) is 52.5 Å². The molecule has 5 amide bonds. The predicted molar refractivity (Wildman–Crippen MR) is 228 cm³/mol. The van der Waals surface area contributed by atoms with Gasteiger partial charge in [0.1, 0.15) is 19.0 Å². The second-order valence-electron chi connectivity index (χ2n) is 14.9. The van der Waals surface area contributed by atoms with Crippen LogP contribution in [0.15, 0.2) is 0 Å². The van der Waals surface area contributed by atoms with E-state index in [0.29, 0.717) is 77.9 Å². The molecule has 0 aromatic heterocycles. The Morgan fingerprint density at radius 2 is 0.633 bits per heavy atom. The zero-order valence-corrected chi connectivity index (χ0v) is 36.7. The van der Waals surface area contributed by atoms with Gasteiger partial charge in [-0.2, -0.15) is 0 Å². The van der Waals surface area contributed by atoms with Gasteiger partial charge in [-0.15, -0.1) is 0 Å². The van der Waals surface area contributed by atoms with Crippen molar-refractivity contribution < 1.29 is 57.6 Å². The summed E-state index contributed by atoms with van der Waals surface area (Å²) in [6, 6.07) is 0. The van der Waals surface area contributed by atoms with Crippen molar-refractivity contribution in [2.24, 2.45) is 0 Å². The third-order valence-corrected chi connectivity index (χ3v) is 9.23. The van der Waals surface area contributed by atoms with Crippen LogP contribution in [0, 0.1) is 0 Å². The highest BCUT2D eigenvalue weighted by Gasteiger charge is 2.07. The van der Waals surface area contributed by atoms with Gasteiger partial charge in [-0.1, -0.05) is 77.0 Å². The molecule has 0 saturated heterocycles. The Balaban J connectivity index is 3.43. The third-order valence-electron chi connectivity index (χ3n) is 9.23. The van der Waals surface area contributed by atoms with Gasteiger partial charge in [0.25, 0.3) is 0 Å². The molecular weight excluding hydrogens is 778 g/mol. The number of hydrogen-bond acceptors (Lipinski definition) is 11. The van der Waals surface area contributed by atoms with Gasteiger partial charge in [0.2, 0.25) is 29.5 Å². The smallest absolute Gasteiger partial charge is 0.303 e. The Morgan fingerprint density at radius 3 is 1.03 bits per heavy atom. The number of carboxylic acids is 1. The minimum atomic E-state index is -0.698. The average molecular weight is 858 g/mol. The molecule has 0 heterocycles. The molecule has 0 aliphatic heterocycles. The number of unbranched alkanes of at least 4 members (excludes halogenated alkanes) is 13. The molecule has 348 valence electrons. The molecule has 0 aromatic carbocycles. The number of nitrogens with one attached hydrogen (secondary N) is 5. The molecule has 6 N–H and O–H groups in total. The van der Waals surface area contributed by atoms with Crippen molar-refractivity contribution in [1.29, 1.82) is 0 Å². The number of carbonyl (C=O) groups is 7. The first-order valence-corrected chi connectivity index (χ1v) is 22.5. The molecule has 60 heavy (non-hydrogen) atoms. The molecule has 17 nitrogen and oxygen atoms in total. The summed E-state index contributed by atoms with van der Waals surface area (Å²) >= 11 is 0. The Morgan fingerprint density at radius 1 is 0.333 bits per heavy atom. The first-order valence-electron chi connectivity index (χ1n) is 22.5. The van der Waals surface area contributed by atoms with E-state index in [1.807, 2.05) is 0 Å². The number of aliphatic carboxylic acids is 1. The monoisotopic (exact) mass is 858 g/mol. The van der Waals surface area contributed by atoms with Gasteiger partial charge in [-0.05, 0) is 39.0 Å². The van der Waals surface area contributed by atoms with Crippen LogP contribution in [0.5, 0.6) is 0 Å². The van der Waals surface area contributed by atoms with Gasteiger partial charge in [-0.25, -0.2) is 0 Å². The van der Waals surface area contributed by atoms with Crippen LogP contribution in [-0.4, -0.2) is 132 Å². The number of ether oxygens (including phenoxy) is 4. The highest BCUT2D eigenvalue weighted by molar-refractivity contribution is 5.78. The number of ketones is 1. The molecule has 0 aliphatic rings. The summed E-state index contributed by atoms with van der Waals surface area (Å²) in [7, 11) is 0. The summed E-state index contributed by atoms with van der Waals surface area (Å²) < 4.78 is 21.3. The molecule has 0 rings (SSSR count). The molecule has 0 spiro atoms. The van der Waals surface area contributed by atoms with E-state index in [0.717, 1.165) is 38.5 Å². The van der Waals surface area contributed by atoms with Gasteiger partial charge in [0.05, 0.1) is 39.6 Å². The van der Waals surface area contributed by atoms with Crippen molar-refractivity contribution in [1.82, 2.24) is 26.6 Å². The van der Waals surface area contributed by atoms with Crippen LogP contribution in [0.3, 0.4) is 0 Å². The number of carboxylic acid groups (broad SMARTS) is 1.